The molecule has 1 heterocycles. The Labute approximate surface area is 79.8 Å². The van der Waals surface area contributed by atoms with Crippen LogP contribution in [0.25, 0.3) is 0 Å². The van der Waals surface area contributed by atoms with Gasteiger partial charge in [0.05, 0.1) is 12.8 Å². The topological polar surface area (TPSA) is 46.6 Å². The van der Waals surface area contributed by atoms with Gasteiger partial charge in [-0.1, -0.05) is 0 Å². The number of hydrogen-bond donors (Lipinski definition) is 0. The van der Waals surface area contributed by atoms with Gasteiger partial charge in [0.25, 0.3) is 10.1 Å². The lowest BCUT2D eigenvalue weighted by Crippen LogP contribution is -2.55. The lowest BCUT2D eigenvalue weighted by Gasteiger charge is -2.38. The number of likely N-dealkylation sites (tertiary alicyclic amines) is 1. The van der Waals surface area contributed by atoms with Gasteiger partial charge in [-0.05, 0) is 0 Å². The highest BCUT2D eigenvalue weighted by molar-refractivity contribution is 7.86. The molecule has 1 aliphatic heterocycles. The Hall–Kier alpha value is -0.340. The molecule has 0 bridgehead atoms. The zero-order chi connectivity index (χ0) is 11.0. The quantitative estimate of drug-likeness (QED) is 0.654. The Balaban J connectivity index is 2.25. The first kappa shape index (κ1) is 11.7. The van der Waals surface area contributed by atoms with E-state index in [1.165, 1.54) is 0 Å². The van der Waals surface area contributed by atoms with Crippen molar-refractivity contribution in [2.24, 2.45) is 0 Å². The van der Waals surface area contributed by atoms with Crippen molar-refractivity contribution in [1.82, 2.24) is 4.90 Å². The van der Waals surface area contributed by atoms with Crippen molar-refractivity contribution in [3.8, 4) is 0 Å². The number of nitrogens with zero attached hydrogens (tertiary/aromatic N) is 1. The van der Waals surface area contributed by atoms with Gasteiger partial charge in [-0.15, -0.1) is 0 Å². The molecular formula is C6H10F3NO3S. The highest BCUT2D eigenvalue weighted by atomic mass is 32.2. The van der Waals surface area contributed by atoms with Crippen molar-refractivity contribution in [3.63, 3.8) is 0 Å². The summed E-state index contributed by atoms with van der Waals surface area (Å²) >= 11 is 0. The Morgan fingerprint density at radius 3 is 2.29 bits per heavy atom. The van der Waals surface area contributed by atoms with Gasteiger partial charge in [-0.3, -0.25) is 9.08 Å². The lowest BCUT2D eigenvalue weighted by molar-refractivity contribution is -0.162. The maximum Gasteiger partial charge on any atom is 0.401 e. The van der Waals surface area contributed by atoms with E-state index < -0.39 is 28.9 Å². The van der Waals surface area contributed by atoms with Crippen LogP contribution in [-0.4, -0.2) is 51.5 Å². The third kappa shape index (κ3) is 4.25. The summed E-state index contributed by atoms with van der Waals surface area (Å²) in [7, 11) is -3.56. The molecule has 1 aliphatic rings. The fourth-order valence-electron chi connectivity index (χ4n) is 1.21. The molecule has 1 rings (SSSR count). The second-order valence-corrected chi connectivity index (χ2v) is 4.83. The second-order valence-electron chi connectivity index (χ2n) is 3.23. The highest BCUT2D eigenvalue weighted by Gasteiger charge is 2.38. The Morgan fingerprint density at radius 1 is 1.43 bits per heavy atom. The van der Waals surface area contributed by atoms with E-state index in [-0.39, 0.29) is 13.1 Å². The van der Waals surface area contributed by atoms with Crippen LogP contribution in [0.4, 0.5) is 13.2 Å². The minimum absolute atomic E-state index is 0.00653. The maximum atomic E-state index is 11.8. The largest absolute Gasteiger partial charge is 0.401 e. The zero-order valence-electron chi connectivity index (χ0n) is 7.41. The van der Waals surface area contributed by atoms with Crippen LogP contribution < -0.4 is 0 Å². The lowest BCUT2D eigenvalue weighted by atomic mass is 10.2. The zero-order valence-corrected chi connectivity index (χ0v) is 8.23. The Morgan fingerprint density at radius 2 is 1.93 bits per heavy atom. The van der Waals surface area contributed by atoms with E-state index in [2.05, 4.69) is 4.18 Å². The van der Waals surface area contributed by atoms with E-state index in [9.17, 15) is 21.6 Å². The van der Waals surface area contributed by atoms with E-state index in [1.54, 1.807) is 0 Å². The van der Waals surface area contributed by atoms with Crippen LogP contribution in [0, 0.1) is 0 Å². The predicted molar refractivity (Wildman–Crippen MR) is 42.2 cm³/mol. The van der Waals surface area contributed by atoms with Crippen LogP contribution in [0.2, 0.25) is 0 Å². The fraction of sp³-hybridized carbons (Fsp3) is 1.00. The van der Waals surface area contributed by atoms with Crippen molar-refractivity contribution >= 4 is 10.1 Å². The molecule has 0 aliphatic carbocycles. The van der Waals surface area contributed by atoms with Crippen LogP contribution in [0.5, 0.6) is 0 Å². The monoisotopic (exact) mass is 233 g/mol. The summed E-state index contributed by atoms with van der Waals surface area (Å²) in [5.74, 6) is 0. The summed E-state index contributed by atoms with van der Waals surface area (Å²) in [5.41, 5.74) is 0. The second kappa shape index (κ2) is 3.67. The van der Waals surface area contributed by atoms with E-state index in [0.29, 0.717) is 0 Å². The van der Waals surface area contributed by atoms with E-state index in [4.69, 9.17) is 0 Å². The van der Waals surface area contributed by atoms with E-state index >= 15 is 0 Å². The van der Waals surface area contributed by atoms with Crippen LogP contribution >= 0.6 is 0 Å². The normalized spacial score (nSPS) is 20.9. The summed E-state index contributed by atoms with van der Waals surface area (Å²) in [4.78, 5) is 1.08. The third-order valence-electron chi connectivity index (χ3n) is 1.64. The van der Waals surface area contributed by atoms with Gasteiger partial charge in [0.1, 0.15) is 6.10 Å². The molecule has 1 fully saturated rings. The van der Waals surface area contributed by atoms with Crippen LogP contribution in [0.3, 0.4) is 0 Å². The minimum Gasteiger partial charge on any atom is -0.290 e. The SMILES string of the molecule is CS(=O)(=O)OC1CN(CC(F)(F)F)C1. The molecule has 0 saturated carbocycles. The summed E-state index contributed by atoms with van der Waals surface area (Å²) < 4.78 is 61.0. The van der Waals surface area contributed by atoms with Crippen molar-refractivity contribution < 1.29 is 25.8 Å². The fourth-order valence-corrected chi connectivity index (χ4v) is 1.83. The van der Waals surface area contributed by atoms with E-state index in [1.807, 2.05) is 0 Å². The van der Waals surface area contributed by atoms with E-state index in [0.717, 1.165) is 11.2 Å². The number of hydrogen-bond acceptors (Lipinski definition) is 4. The van der Waals surface area contributed by atoms with Crippen molar-refractivity contribution in [2.75, 3.05) is 25.9 Å². The first-order chi connectivity index (χ1) is 6.16. The molecule has 84 valence electrons. The average Bonchev–Trinajstić information content (AvgIpc) is 1.75. The van der Waals surface area contributed by atoms with Crippen LogP contribution in [-0.2, 0) is 14.3 Å². The molecule has 4 nitrogen and oxygen atoms in total. The summed E-state index contributed by atoms with van der Waals surface area (Å²) in [5, 5.41) is 0. The number of rotatable bonds is 3. The molecule has 0 atom stereocenters. The molecular weight excluding hydrogens is 223 g/mol. The molecule has 0 spiro atoms. The first-order valence-corrected chi connectivity index (χ1v) is 5.65. The van der Waals surface area contributed by atoms with Gasteiger partial charge in [0.15, 0.2) is 0 Å². The molecule has 0 N–H and O–H groups in total. The van der Waals surface area contributed by atoms with Crippen molar-refractivity contribution in [3.05, 3.63) is 0 Å². The van der Waals surface area contributed by atoms with Crippen LogP contribution in [0.15, 0.2) is 0 Å². The molecule has 14 heavy (non-hydrogen) atoms. The standard InChI is InChI=1S/C6H10F3NO3S/c1-14(11,12)13-5-2-10(3-5)4-6(7,8)9/h5H,2-4H2,1H3. The highest BCUT2D eigenvalue weighted by Crippen LogP contribution is 2.21. The molecule has 0 amide bonds. The number of halogens is 3. The van der Waals surface area contributed by atoms with Gasteiger partial charge in [0, 0.05) is 13.1 Å². The van der Waals surface area contributed by atoms with Gasteiger partial charge in [-0.2, -0.15) is 21.6 Å². The average molecular weight is 233 g/mol. The summed E-state index contributed by atoms with van der Waals surface area (Å²) in [6.07, 6.45) is -4.00. The molecule has 0 aromatic rings. The summed E-state index contributed by atoms with van der Waals surface area (Å²) in [6, 6.07) is 0. The molecule has 8 heteroatoms. The smallest absolute Gasteiger partial charge is 0.290 e. The molecule has 0 aromatic heterocycles. The minimum atomic E-state index is -4.24. The molecule has 0 unspecified atom stereocenters. The number of alkyl halides is 3. The van der Waals surface area contributed by atoms with Gasteiger partial charge in [0.2, 0.25) is 0 Å². The van der Waals surface area contributed by atoms with Crippen molar-refractivity contribution in [2.45, 2.75) is 12.3 Å². The Bertz CT molecular complexity index is 294. The van der Waals surface area contributed by atoms with Gasteiger partial charge in [-0.25, -0.2) is 0 Å². The maximum absolute atomic E-state index is 11.8. The third-order valence-corrected chi connectivity index (χ3v) is 2.26. The van der Waals surface area contributed by atoms with Gasteiger partial charge >= 0.3 is 6.18 Å². The molecule has 0 aromatic carbocycles. The molecule has 1 saturated heterocycles. The Kier molecular flexibility index (Phi) is 3.07. The summed E-state index contributed by atoms with van der Waals surface area (Å²) in [6.45, 7) is -1.00. The first-order valence-electron chi connectivity index (χ1n) is 3.83. The molecule has 0 radical (unpaired) electrons. The van der Waals surface area contributed by atoms with Gasteiger partial charge < -0.3 is 0 Å². The van der Waals surface area contributed by atoms with Crippen LogP contribution in [0.1, 0.15) is 0 Å². The van der Waals surface area contributed by atoms with Crippen molar-refractivity contribution in [1.29, 1.82) is 0 Å². The predicted octanol–water partition coefficient (Wildman–Crippen LogP) is 0.209.